The monoisotopic (exact) mass is 409 g/mol. The first-order chi connectivity index (χ1) is 12.8. The van der Waals surface area contributed by atoms with Gasteiger partial charge in [0.15, 0.2) is 4.80 Å². The number of aryl methyl sites for hydroxylation is 1. The summed E-state index contributed by atoms with van der Waals surface area (Å²) in [7, 11) is -0.550. The highest BCUT2D eigenvalue weighted by molar-refractivity contribution is 7.89. The van der Waals surface area contributed by atoms with E-state index in [1.165, 1.54) is 41.0 Å². The Labute approximate surface area is 163 Å². The van der Waals surface area contributed by atoms with Crippen LogP contribution in [0.2, 0.25) is 0 Å². The molecule has 0 saturated carbocycles. The van der Waals surface area contributed by atoms with Crippen molar-refractivity contribution in [2.45, 2.75) is 37.1 Å². The average molecular weight is 410 g/mol. The molecule has 27 heavy (non-hydrogen) atoms. The van der Waals surface area contributed by atoms with E-state index < -0.39 is 15.9 Å². The smallest absolute Gasteiger partial charge is 0.279 e. The third kappa shape index (κ3) is 3.99. The molecule has 0 spiro atoms. The third-order valence-corrected chi connectivity index (χ3v) is 7.58. The molecule has 146 valence electrons. The fraction of sp³-hybridized carbons (Fsp3) is 0.444. The molecule has 2 heterocycles. The fourth-order valence-corrected chi connectivity index (χ4v) is 5.76. The Bertz CT molecular complexity index is 1010. The average Bonchev–Trinajstić information content (AvgIpc) is 3.06. The Kier molecular flexibility index (Phi) is 5.83. The van der Waals surface area contributed by atoms with E-state index >= 15 is 0 Å². The van der Waals surface area contributed by atoms with Gasteiger partial charge in [-0.3, -0.25) is 4.79 Å². The summed E-state index contributed by atoms with van der Waals surface area (Å²) in [5.41, 5.74) is 0.215. The molecule has 1 unspecified atom stereocenters. The first-order valence-electron chi connectivity index (χ1n) is 8.73. The minimum atomic E-state index is -3.77. The fourth-order valence-electron chi connectivity index (χ4n) is 3.15. The molecule has 0 N–H and O–H groups in total. The second-order valence-electron chi connectivity index (χ2n) is 6.54. The van der Waals surface area contributed by atoms with Gasteiger partial charge in [0.25, 0.3) is 5.91 Å². The number of hydrogen-bond donors (Lipinski definition) is 0. The van der Waals surface area contributed by atoms with Crippen molar-refractivity contribution >= 4 is 27.3 Å². The van der Waals surface area contributed by atoms with Crippen LogP contribution in [0.25, 0.3) is 0 Å². The molecule has 2 aromatic rings. The number of rotatable bonds is 4. The standard InChI is InChI=1S/C18H23N3O4S2/c1-13-6-4-5-9-21(13)27(23,24)16-12-14(7-8-15(16)25-3)17(22)19-18-20(2)10-11-26-18/h7-8,10-13H,4-6,9H2,1-3H3. The van der Waals surface area contributed by atoms with E-state index in [1.807, 2.05) is 12.3 Å². The lowest BCUT2D eigenvalue weighted by atomic mass is 10.1. The van der Waals surface area contributed by atoms with Crippen LogP contribution < -0.4 is 9.54 Å². The van der Waals surface area contributed by atoms with Crippen LogP contribution in [-0.4, -0.2) is 42.9 Å². The topological polar surface area (TPSA) is 81.0 Å². The Balaban J connectivity index is 2.04. The first-order valence-corrected chi connectivity index (χ1v) is 11.1. The highest BCUT2D eigenvalue weighted by atomic mass is 32.2. The summed E-state index contributed by atoms with van der Waals surface area (Å²) < 4.78 is 35.0. The van der Waals surface area contributed by atoms with Crippen molar-refractivity contribution in [3.05, 3.63) is 40.1 Å². The Hall–Kier alpha value is -1.97. The van der Waals surface area contributed by atoms with E-state index in [4.69, 9.17) is 4.74 Å². The van der Waals surface area contributed by atoms with Gasteiger partial charge in [-0.2, -0.15) is 9.30 Å². The molecular weight excluding hydrogens is 386 g/mol. The van der Waals surface area contributed by atoms with Crippen molar-refractivity contribution in [2.24, 2.45) is 12.0 Å². The summed E-state index contributed by atoms with van der Waals surface area (Å²) in [4.78, 5) is 17.2. The molecule has 0 bridgehead atoms. The van der Waals surface area contributed by atoms with Gasteiger partial charge in [0.2, 0.25) is 10.0 Å². The van der Waals surface area contributed by atoms with Crippen molar-refractivity contribution in [1.29, 1.82) is 0 Å². The lowest BCUT2D eigenvalue weighted by Gasteiger charge is -2.32. The van der Waals surface area contributed by atoms with E-state index in [0.29, 0.717) is 11.3 Å². The van der Waals surface area contributed by atoms with Crippen LogP contribution in [-0.2, 0) is 17.1 Å². The number of methoxy groups -OCH3 is 1. The van der Waals surface area contributed by atoms with Crippen LogP contribution in [0.15, 0.2) is 39.7 Å². The maximum absolute atomic E-state index is 13.2. The number of amides is 1. The van der Waals surface area contributed by atoms with Crippen LogP contribution in [0.3, 0.4) is 0 Å². The second kappa shape index (κ2) is 7.95. The molecule has 1 saturated heterocycles. The quantitative estimate of drug-likeness (QED) is 0.777. The van der Waals surface area contributed by atoms with E-state index in [-0.39, 0.29) is 22.3 Å². The van der Waals surface area contributed by atoms with Crippen molar-refractivity contribution in [1.82, 2.24) is 8.87 Å². The lowest BCUT2D eigenvalue weighted by Crippen LogP contribution is -2.42. The van der Waals surface area contributed by atoms with Gasteiger partial charge >= 0.3 is 0 Å². The summed E-state index contributed by atoms with van der Waals surface area (Å²) >= 11 is 1.34. The van der Waals surface area contributed by atoms with E-state index in [0.717, 1.165) is 19.3 Å². The number of carbonyl (C=O) groups is 1. The predicted octanol–water partition coefficient (Wildman–Crippen LogP) is 2.40. The molecule has 0 aliphatic carbocycles. The number of piperidine rings is 1. The second-order valence-corrected chi connectivity index (χ2v) is 9.27. The molecule has 1 aromatic carbocycles. The summed E-state index contributed by atoms with van der Waals surface area (Å²) in [6.07, 6.45) is 4.47. The minimum Gasteiger partial charge on any atom is -0.495 e. The number of aromatic nitrogens is 1. The molecule has 7 nitrogen and oxygen atoms in total. The molecule has 0 radical (unpaired) electrons. The molecular formula is C18H23N3O4S2. The Morgan fingerprint density at radius 2 is 2.11 bits per heavy atom. The molecule has 1 aromatic heterocycles. The van der Waals surface area contributed by atoms with Crippen LogP contribution in [0.1, 0.15) is 36.5 Å². The van der Waals surface area contributed by atoms with Gasteiger partial charge in [-0.05, 0) is 38.0 Å². The van der Waals surface area contributed by atoms with Gasteiger partial charge in [-0.15, -0.1) is 11.3 Å². The van der Waals surface area contributed by atoms with Gasteiger partial charge in [0.05, 0.1) is 7.11 Å². The zero-order valence-electron chi connectivity index (χ0n) is 15.6. The normalized spacial score (nSPS) is 19.2. The zero-order chi connectivity index (χ0) is 19.6. The number of benzene rings is 1. The molecule has 1 atom stereocenters. The highest BCUT2D eigenvalue weighted by Gasteiger charge is 2.33. The van der Waals surface area contributed by atoms with Crippen molar-refractivity contribution in [2.75, 3.05) is 13.7 Å². The predicted molar refractivity (Wildman–Crippen MR) is 103 cm³/mol. The van der Waals surface area contributed by atoms with Crippen molar-refractivity contribution in [3.63, 3.8) is 0 Å². The number of ether oxygens (including phenoxy) is 1. The van der Waals surface area contributed by atoms with Crippen molar-refractivity contribution < 1.29 is 17.9 Å². The van der Waals surface area contributed by atoms with Gasteiger partial charge in [-0.25, -0.2) is 8.42 Å². The van der Waals surface area contributed by atoms with Crippen LogP contribution in [0, 0.1) is 0 Å². The van der Waals surface area contributed by atoms with Gasteiger partial charge in [0.1, 0.15) is 10.6 Å². The molecule has 1 aliphatic rings. The van der Waals surface area contributed by atoms with Gasteiger partial charge < -0.3 is 9.30 Å². The molecule has 1 fully saturated rings. The Morgan fingerprint density at radius 1 is 1.33 bits per heavy atom. The molecule has 3 rings (SSSR count). The maximum Gasteiger partial charge on any atom is 0.279 e. The van der Waals surface area contributed by atoms with Gasteiger partial charge in [0, 0.05) is 36.8 Å². The summed E-state index contributed by atoms with van der Waals surface area (Å²) in [5.74, 6) is -0.259. The number of hydrogen-bond acceptors (Lipinski definition) is 5. The Morgan fingerprint density at radius 3 is 2.74 bits per heavy atom. The summed E-state index contributed by atoms with van der Waals surface area (Å²) in [5, 5.41) is 1.83. The molecule has 9 heteroatoms. The van der Waals surface area contributed by atoms with E-state index in [9.17, 15) is 13.2 Å². The summed E-state index contributed by atoms with van der Waals surface area (Å²) in [6, 6.07) is 4.34. The number of thiazole rings is 1. The zero-order valence-corrected chi connectivity index (χ0v) is 17.2. The van der Waals surface area contributed by atoms with Crippen LogP contribution in [0.5, 0.6) is 5.75 Å². The number of sulfonamides is 1. The molecule has 1 amide bonds. The van der Waals surface area contributed by atoms with E-state index in [1.54, 1.807) is 17.8 Å². The van der Waals surface area contributed by atoms with E-state index in [2.05, 4.69) is 4.99 Å². The maximum atomic E-state index is 13.2. The van der Waals surface area contributed by atoms with Gasteiger partial charge in [-0.1, -0.05) is 6.42 Å². The SMILES string of the molecule is COc1ccc(C(=O)N=c2sccn2C)cc1S(=O)(=O)N1CCCCC1C. The van der Waals surface area contributed by atoms with Crippen molar-refractivity contribution in [3.8, 4) is 5.75 Å². The van der Waals surface area contributed by atoms with Crippen LogP contribution >= 0.6 is 11.3 Å². The minimum absolute atomic E-state index is 0.00959. The summed E-state index contributed by atoms with van der Waals surface area (Å²) in [6.45, 7) is 2.38. The lowest BCUT2D eigenvalue weighted by molar-refractivity contribution is 0.0997. The number of carbonyl (C=O) groups excluding carboxylic acids is 1. The molecule has 1 aliphatic heterocycles. The first kappa shape index (κ1) is 19.8. The third-order valence-electron chi connectivity index (χ3n) is 4.70. The number of nitrogens with zero attached hydrogens (tertiary/aromatic N) is 3. The highest BCUT2D eigenvalue weighted by Crippen LogP contribution is 2.31. The van der Waals surface area contributed by atoms with Crippen LogP contribution in [0.4, 0.5) is 0 Å². The largest absolute Gasteiger partial charge is 0.495 e.